The van der Waals surface area contributed by atoms with E-state index in [4.69, 9.17) is 4.28 Å². The largest absolute Gasteiger partial charge is 0.358 e. The molecule has 0 N–H and O–H groups in total. The molecule has 0 radical (unpaired) electrons. The van der Waals surface area contributed by atoms with Gasteiger partial charge in [0.15, 0.2) is 0 Å². The lowest BCUT2D eigenvalue weighted by Gasteiger charge is -2.03. The maximum atomic E-state index is 11.9. The average molecular weight is 290 g/mol. The van der Waals surface area contributed by atoms with Gasteiger partial charge in [0.2, 0.25) is 0 Å². The minimum Gasteiger partial charge on any atom is -0.264 e. The number of hydrogen-bond donors (Lipinski definition) is 0. The summed E-state index contributed by atoms with van der Waals surface area (Å²) in [6.45, 7) is 3.51. The van der Waals surface area contributed by atoms with Gasteiger partial charge in [0.1, 0.15) is 10.6 Å². The third kappa shape index (κ3) is 3.42. The summed E-state index contributed by atoms with van der Waals surface area (Å²) in [5.74, 6) is 0. The van der Waals surface area contributed by atoms with Crippen LogP contribution in [-0.4, -0.2) is 19.1 Å². The summed E-state index contributed by atoms with van der Waals surface area (Å²) in [5, 5.41) is 3.63. The molecule has 0 aliphatic carbocycles. The van der Waals surface area contributed by atoms with Gasteiger partial charge < -0.3 is 0 Å². The summed E-state index contributed by atoms with van der Waals surface area (Å²) < 4.78 is 28.6. The molecule has 0 aliphatic rings. The molecule has 0 amide bonds. The molecule has 1 aromatic heterocycles. The van der Waals surface area contributed by atoms with E-state index in [0.29, 0.717) is 11.4 Å². The van der Waals surface area contributed by atoms with Gasteiger partial charge >= 0.3 is 10.1 Å². The maximum absolute atomic E-state index is 11.9. The first-order valence-electron chi connectivity index (χ1n) is 5.95. The van der Waals surface area contributed by atoms with Crippen LogP contribution < -0.4 is 0 Å². The highest BCUT2D eigenvalue weighted by atomic mass is 32.2. The van der Waals surface area contributed by atoms with Crippen molar-refractivity contribution in [2.45, 2.75) is 18.7 Å². The highest BCUT2D eigenvalue weighted by Crippen LogP contribution is 2.13. The van der Waals surface area contributed by atoms with Crippen LogP contribution in [0.5, 0.6) is 0 Å². The molecule has 1 aromatic carbocycles. The van der Waals surface area contributed by atoms with Crippen molar-refractivity contribution in [2.24, 2.45) is 5.16 Å². The van der Waals surface area contributed by atoms with Gasteiger partial charge in [-0.3, -0.25) is 9.27 Å². The van der Waals surface area contributed by atoms with E-state index in [2.05, 4.69) is 10.1 Å². The second-order valence-electron chi connectivity index (χ2n) is 4.23. The Labute approximate surface area is 118 Å². The molecule has 2 rings (SSSR count). The van der Waals surface area contributed by atoms with Crippen LogP contribution in [0.25, 0.3) is 0 Å². The Bertz CT molecular complexity index is 708. The fourth-order valence-electron chi connectivity index (χ4n) is 1.48. The molecule has 6 heteroatoms. The lowest BCUT2D eigenvalue weighted by atomic mass is 10.2. The Morgan fingerprint density at radius 2 is 1.85 bits per heavy atom. The summed E-state index contributed by atoms with van der Waals surface area (Å²) in [4.78, 5) is 4.13. The van der Waals surface area contributed by atoms with E-state index in [-0.39, 0.29) is 4.90 Å². The number of benzene rings is 1. The number of nitrogens with zero attached hydrogens (tertiary/aromatic N) is 2. The first kappa shape index (κ1) is 14.2. The first-order valence-corrected chi connectivity index (χ1v) is 7.36. The monoisotopic (exact) mass is 290 g/mol. The number of oxime groups is 1. The summed E-state index contributed by atoms with van der Waals surface area (Å²) in [5.41, 5.74) is 1.92. The molecule has 5 nitrogen and oxygen atoms in total. The van der Waals surface area contributed by atoms with Gasteiger partial charge in [0, 0.05) is 6.20 Å². The predicted octanol–water partition coefficient (Wildman–Crippen LogP) is 2.52. The van der Waals surface area contributed by atoms with Crippen molar-refractivity contribution in [1.82, 2.24) is 4.98 Å². The van der Waals surface area contributed by atoms with Crippen LogP contribution in [-0.2, 0) is 14.4 Å². The van der Waals surface area contributed by atoms with E-state index in [1.54, 1.807) is 43.5 Å². The van der Waals surface area contributed by atoms with E-state index in [1.165, 1.54) is 12.1 Å². The molecule has 0 unspecified atom stereocenters. The first-order chi connectivity index (χ1) is 9.49. The number of hydrogen-bond acceptors (Lipinski definition) is 5. The van der Waals surface area contributed by atoms with Gasteiger partial charge in [-0.2, -0.15) is 8.42 Å². The fourth-order valence-corrected chi connectivity index (χ4v) is 2.24. The Kier molecular flexibility index (Phi) is 4.14. The Morgan fingerprint density at radius 1 is 1.15 bits per heavy atom. The molecule has 0 fully saturated rings. The van der Waals surface area contributed by atoms with E-state index in [1.807, 2.05) is 6.92 Å². The zero-order chi connectivity index (χ0) is 14.6. The number of aryl methyl sites for hydroxylation is 1. The van der Waals surface area contributed by atoms with Gasteiger partial charge in [-0.15, -0.1) is 0 Å². The standard InChI is InChI=1S/C14H14N2O3S/c1-11-6-8-13(9-7-11)20(17,18)19-16-12(2)14-5-3-4-10-15-14/h3-10H,1-2H3/b16-12-. The fraction of sp³-hybridized carbons (Fsp3) is 0.143. The van der Waals surface area contributed by atoms with E-state index in [9.17, 15) is 8.42 Å². The molecule has 20 heavy (non-hydrogen) atoms. The van der Waals surface area contributed by atoms with Crippen LogP contribution >= 0.6 is 0 Å². The number of pyridine rings is 1. The summed E-state index contributed by atoms with van der Waals surface area (Å²) >= 11 is 0. The van der Waals surface area contributed by atoms with Crippen LogP contribution in [0.2, 0.25) is 0 Å². The van der Waals surface area contributed by atoms with Crippen molar-refractivity contribution in [3.63, 3.8) is 0 Å². The van der Waals surface area contributed by atoms with Crippen LogP contribution in [0.1, 0.15) is 18.2 Å². The third-order valence-corrected chi connectivity index (χ3v) is 3.74. The Balaban J connectivity index is 2.19. The Hall–Kier alpha value is -2.21. The summed E-state index contributed by atoms with van der Waals surface area (Å²) in [6, 6.07) is 11.6. The molecule has 0 bridgehead atoms. The van der Waals surface area contributed by atoms with Crippen molar-refractivity contribution < 1.29 is 12.7 Å². The van der Waals surface area contributed by atoms with E-state index in [0.717, 1.165) is 5.56 Å². The quantitative estimate of drug-likeness (QED) is 0.641. The van der Waals surface area contributed by atoms with Crippen molar-refractivity contribution in [1.29, 1.82) is 0 Å². The van der Waals surface area contributed by atoms with E-state index >= 15 is 0 Å². The molecule has 0 spiro atoms. The van der Waals surface area contributed by atoms with Gasteiger partial charge in [0.25, 0.3) is 0 Å². The second kappa shape index (κ2) is 5.83. The van der Waals surface area contributed by atoms with Crippen LogP contribution in [0.15, 0.2) is 58.7 Å². The van der Waals surface area contributed by atoms with Crippen LogP contribution in [0.4, 0.5) is 0 Å². The molecular formula is C14H14N2O3S. The molecule has 0 aliphatic heterocycles. The maximum Gasteiger partial charge on any atom is 0.358 e. The molecule has 1 heterocycles. The second-order valence-corrected chi connectivity index (χ2v) is 5.76. The number of rotatable bonds is 4. The minimum atomic E-state index is -3.90. The molecule has 0 atom stereocenters. The van der Waals surface area contributed by atoms with Crippen LogP contribution in [0.3, 0.4) is 0 Å². The van der Waals surface area contributed by atoms with Crippen molar-refractivity contribution in [2.75, 3.05) is 0 Å². The average Bonchev–Trinajstić information content (AvgIpc) is 2.46. The number of aromatic nitrogens is 1. The van der Waals surface area contributed by atoms with Crippen molar-refractivity contribution in [3.8, 4) is 0 Å². The SMILES string of the molecule is C/C(=N/OS(=O)(=O)c1ccc(C)cc1)c1ccccn1. The lowest BCUT2D eigenvalue weighted by molar-refractivity contribution is 0.338. The van der Waals surface area contributed by atoms with Gasteiger partial charge in [-0.25, -0.2) is 0 Å². The van der Waals surface area contributed by atoms with Gasteiger partial charge in [0.05, 0.1) is 5.69 Å². The smallest absolute Gasteiger partial charge is 0.264 e. The topological polar surface area (TPSA) is 68.6 Å². The summed E-state index contributed by atoms with van der Waals surface area (Å²) in [6.07, 6.45) is 1.60. The lowest BCUT2D eigenvalue weighted by Crippen LogP contribution is -2.06. The highest BCUT2D eigenvalue weighted by molar-refractivity contribution is 7.86. The minimum absolute atomic E-state index is 0.0701. The third-order valence-electron chi connectivity index (χ3n) is 2.62. The highest BCUT2D eigenvalue weighted by Gasteiger charge is 2.15. The molecule has 2 aromatic rings. The van der Waals surface area contributed by atoms with Crippen LogP contribution in [0, 0.1) is 6.92 Å². The van der Waals surface area contributed by atoms with E-state index < -0.39 is 10.1 Å². The molecular weight excluding hydrogens is 276 g/mol. The molecule has 104 valence electrons. The molecule has 0 saturated heterocycles. The van der Waals surface area contributed by atoms with Gasteiger partial charge in [-0.05, 0) is 38.1 Å². The van der Waals surface area contributed by atoms with Crippen molar-refractivity contribution in [3.05, 3.63) is 59.9 Å². The molecule has 0 saturated carbocycles. The zero-order valence-electron chi connectivity index (χ0n) is 11.1. The van der Waals surface area contributed by atoms with Gasteiger partial charge in [-0.1, -0.05) is 28.9 Å². The van der Waals surface area contributed by atoms with Crippen molar-refractivity contribution >= 4 is 15.8 Å². The summed E-state index contributed by atoms with van der Waals surface area (Å²) in [7, 11) is -3.90. The predicted molar refractivity (Wildman–Crippen MR) is 75.9 cm³/mol. The Morgan fingerprint density at radius 3 is 2.45 bits per heavy atom. The normalized spacial score (nSPS) is 12.2. The zero-order valence-corrected chi connectivity index (χ0v) is 12.0.